The van der Waals surface area contributed by atoms with E-state index >= 15 is 0 Å². The monoisotopic (exact) mass is 329 g/mol. The van der Waals surface area contributed by atoms with Gasteiger partial charge in [0, 0.05) is 6.26 Å². The highest BCUT2D eigenvalue weighted by molar-refractivity contribution is 7.90. The number of sulfone groups is 1. The van der Waals surface area contributed by atoms with Gasteiger partial charge in [0.25, 0.3) is 5.91 Å². The average molecular weight is 329 g/mol. The molecule has 120 valence electrons. The third kappa shape index (κ3) is 3.29. The van der Waals surface area contributed by atoms with Gasteiger partial charge in [-0.25, -0.2) is 8.42 Å². The van der Waals surface area contributed by atoms with Crippen molar-refractivity contribution in [3.63, 3.8) is 0 Å². The van der Waals surface area contributed by atoms with Crippen LogP contribution >= 0.6 is 0 Å². The maximum absolute atomic E-state index is 12.6. The molecule has 0 heterocycles. The lowest BCUT2D eigenvalue weighted by Crippen LogP contribution is -2.31. The summed E-state index contributed by atoms with van der Waals surface area (Å²) in [7, 11) is -3.44. The smallest absolute Gasteiger partial charge is 0.253 e. The Morgan fingerprint density at radius 2 is 1.78 bits per heavy atom. The molecule has 0 aliphatic heterocycles. The van der Waals surface area contributed by atoms with Gasteiger partial charge in [0.15, 0.2) is 9.84 Å². The summed E-state index contributed by atoms with van der Waals surface area (Å²) in [4.78, 5) is 12.7. The number of hydrogen-bond donors (Lipinski definition) is 1. The minimum Gasteiger partial charge on any atom is -0.345 e. The van der Waals surface area contributed by atoms with Crippen molar-refractivity contribution >= 4 is 15.7 Å². The first kappa shape index (κ1) is 15.7. The topological polar surface area (TPSA) is 63.2 Å². The van der Waals surface area contributed by atoms with Crippen LogP contribution in [0.3, 0.4) is 0 Å². The molecule has 23 heavy (non-hydrogen) atoms. The second-order valence-corrected chi connectivity index (χ2v) is 7.87. The maximum Gasteiger partial charge on any atom is 0.253 e. The molecule has 1 amide bonds. The summed E-state index contributed by atoms with van der Waals surface area (Å²) < 4.78 is 23.7. The van der Waals surface area contributed by atoms with Crippen molar-refractivity contribution in [1.82, 2.24) is 5.32 Å². The van der Waals surface area contributed by atoms with Crippen molar-refractivity contribution < 1.29 is 13.2 Å². The number of nitrogens with one attached hydrogen (secondary N) is 1. The number of rotatable bonds is 3. The van der Waals surface area contributed by atoms with Crippen LogP contribution in [0.1, 0.15) is 40.4 Å². The van der Waals surface area contributed by atoms with Crippen LogP contribution < -0.4 is 5.32 Å². The molecule has 0 radical (unpaired) electrons. The molecule has 2 aromatic rings. The van der Waals surface area contributed by atoms with E-state index in [9.17, 15) is 13.2 Å². The summed E-state index contributed by atoms with van der Waals surface area (Å²) in [6, 6.07) is 14.3. The van der Waals surface area contributed by atoms with Crippen LogP contribution in [0.5, 0.6) is 0 Å². The summed E-state index contributed by atoms with van der Waals surface area (Å²) in [6.45, 7) is 0. The van der Waals surface area contributed by atoms with Gasteiger partial charge in [-0.2, -0.15) is 0 Å². The minimum atomic E-state index is -3.44. The molecule has 0 fully saturated rings. The van der Waals surface area contributed by atoms with Crippen LogP contribution in [0.2, 0.25) is 0 Å². The van der Waals surface area contributed by atoms with E-state index < -0.39 is 9.84 Å². The molecule has 0 saturated carbocycles. The highest BCUT2D eigenvalue weighted by Crippen LogP contribution is 2.30. The SMILES string of the molecule is CS(=O)(=O)c1ccccc1C(=O)N[C@H]1CCCc2ccccc21. The number of aryl methyl sites for hydroxylation is 1. The third-order valence-corrected chi connectivity index (χ3v) is 5.36. The molecular formula is C18H19NO3S. The number of benzene rings is 2. The normalized spacial score (nSPS) is 17.3. The second-order valence-electron chi connectivity index (χ2n) is 5.89. The zero-order valence-corrected chi connectivity index (χ0v) is 13.8. The fraction of sp³-hybridized carbons (Fsp3) is 0.278. The molecule has 0 bridgehead atoms. The fourth-order valence-corrected chi connectivity index (χ4v) is 4.00. The quantitative estimate of drug-likeness (QED) is 0.942. The zero-order valence-electron chi connectivity index (χ0n) is 13.0. The largest absolute Gasteiger partial charge is 0.345 e. The van der Waals surface area contributed by atoms with E-state index in [1.807, 2.05) is 18.2 Å². The molecule has 1 aliphatic carbocycles. The summed E-state index contributed by atoms with van der Waals surface area (Å²) in [6.07, 6.45) is 4.01. The van der Waals surface area contributed by atoms with Gasteiger partial charge in [-0.3, -0.25) is 4.79 Å². The molecule has 0 unspecified atom stereocenters. The summed E-state index contributed by atoms with van der Waals surface area (Å²) in [5, 5.41) is 3.00. The van der Waals surface area contributed by atoms with Crippen LogP contribution in [-0.2, 0) is 16.3 Å². The zero-order chi connectivity index (χ0) is 16.4. The number of carbonyl (C=O) groups excluding carboxylic acids is 1. The molecule has 5 heteroatoms. The number of hydrogen-bond acceptors (Lipinski definition) is 3. The molecule has 0 aromatic heterocycles. The molecule has 1 atom stereocenters. The first-order valence-electron chi connectivity index (χ1n) is 7.64. The Morgan fingerprint density at radius 1 is 1.09 bits per heavy atom. The van der Waals surface area contributed by atoms with Crippen LogP contribution in [-0.4, -0.2) is 20.6 Å². The maximum atomic E-state index is 12.6. The molecule has 3 rings (SSSR count). The van der Waals surface area contributed by atoms with E-state index in [-0.39, 0.29) is 22.4 Å². The minimum absolute atomic E-state index is 0.0694. The van der Waals surface area contributed by atoms with Gasteiger partial charge >= 0.3 is 0 Å². The van der Waals surface area contributed by atoms with Crippen LogP contribution in [0.15, 0.2) is 53.4 Å². The highest BCUT2D eigenvalue weighted by atomic mass is 32.2. The van der Waals surface area contributed by atoms with Crippen molar-refractivity contribution in [1.29, 1.82) is 0 Å². The van der Waals surface area contributed by atoms with E-state index in [2.05, 4.69) is 11.4 Å². The van der Waals surface area contributed by atoms with Crippen molar-refractivity contribution in [2.24, 2.45) is 0 Å². The second kappa shape index (κ2) is 6.16. The molecule has 0 spiro atoms. The van der Waals surface area contributed by atoms with Crippen molar-refractivity contribution in [2.45, 2.75) is 30.2 Å². The molecule has 1 aliphatic rings. The van der Waals surface area contributed by atoms with Gasteiger partial charge in [-0.05, 0) is 42.5 Å². The number of carbonyl (C=O) groups is 1. The summed E-state index contributed by atoms with van der Waals surface area (Å²) >= 11 is 0. The lowest BCUT2D eigenvalue weighted by molar-refractivity contribution is 0.0929. The van der Waals surface area contributed by atoms with Gasteiger partial charge in [0.1, 0.15) is 0 Å². The van der Waals surface area contributed by atoms with Gasteiger partial charge in [0.05, 0.1) is 16.5 Å². The first-order chi connectivity index (χ1) is 11.0. The van der Waals surface area contributed by atoms with Crippen LogP contribution in [0, 0.1) is 0 Å². The summed E-state index contributed by atoms with van der Waals surface area (Å²) in [5.74, 6) is -0.340. The highest BCUT2D eigenvalue weighted by Gasteiger charge is 2.24. The van der Waals surface area contributed by atoms with E-state index in [0.717, 1.165) is 31.1 Å². The van der Waals surface area contributed by atoms with Crippen molar-refractivity contribution in [3.05, 3.63) is 65.2 Å². The fourth-order valence-electron chi connectivity index (χ4n) is 3.12. The van der Waals surface area contributed by atoms with Gasteiger partial charge in [-0.1, -0.05) is 36.4 Å². The third-order valence-electron chi connectivity index (χ3n) is 4.21. The average Bonchev–Trinajstić information content (AvgIpc) is 2.54. The van der Waals surface area contributed by atoms with Gasteiger partial charge < -0.3 is 5.32 Å². The van der Waals surface area contributed by atoms with E-state index in [1.54, 1.807) is 18.2 Å². The van der Waals surface area contributed by atoms with Gasteiger partial charge in [-0.15, -0.1) is 0 Å². The van der Waals surface area contributed by atoms with Crippen molar-refractivity contribution in [2.75, 3.05) is 6.26 Å². The number of amides is 1. The standard InChI is InChI=1S/C18H19NO3S/c1-23(21,22)17-12-5-4-10-15(17)18(20)19-16-11-6-8-13-7-2-3-9-14(13)16/h2-5,7,9-10,12,16H,6,8,11H2,1H3,(H,19,20)/t16-/m0/s1. The Morgan fingerprint density at radius 3 is 2.57 bits per heavy atom. The number of fused-ring (bicyclic) bond motifs is 1. The molecular weight excluding hydrogens is 310 g/mol. The van der Waals surface area contributed by atoms with Crippen LogP contribution in [0.25, 0.3) is 0 Å². The van der Waals surface area contributed by atoms with Gasteiger partial charge in [0.2, 0.25) is 0 Å². The van der Waals surface area contributed by atoms with E-state index in [0.29, 0.717) is 0 Å². The molecule has 1 N–H and O–H groups in total. The Labute approximate surface area is 136 Å². The Kier molecular flexibility index (Phi) is 4.22. The lowest BCUT2D eigenvalue weighted by atomic mass is 9.87. The Balaban J connectivity index is 1.90. The first-order valence-corrected chi connectivity index (χ1v) is 9.54. The Bertz CT molecular complexity index is 843. The van der Waals surface area contributed by atoms with Crippen LogP contribution in [0.4, 0.5) is 0 Å². The predicted octanol–water partition coefficient (Wildman–Crippen LogP) is 2.90. The Hall–Kier alpha value is -2.14. The molecule has 0 saturated heterocycles. The van der Waals surface area contributed by atoms with Crippen molar-refractivity contribution in [3.8, 4) is 0 Å². The van der Waals surface area contributed by atoms with E-state index in [4.69, 9.17) is 0 Å². The predicted molar refractivity (Wildman–Crippen MR) is 89.1 cm³/mol. The lowest BCUT2D eigenvalue weighted by Gasteiger charge is -2.26. The molecule has 4 nitrogen and oxygen atoms in total. The summed E-state index contributed by atoms with van der Waals surface area (Å²) in [5.41, 5.74) is 2.59. The molecule has 2 aromatic carbocycles. The van der Waals surface area contributed by atoms with E-state index in [1.165, 1.54) is 11.6 Å².